The first-order chi connectivity index (χ1) is 11.5. The highest BCUT2D eigenvalue weighted by Gasteiger charge is 2.21. The van der Waals surface area contributed by atoms with Gasteiger partial charge in [-0.1, -0.05) is 37.2 Å². The van der Waals surface area contributed by atoms with Crippen LogP contribution in [0.25, 0.3) is 0 Å². The van der Waals surface area contributed by atoms with Crippen molar-refractivity contribution >= 4 is 23.3 Å². The van der Waals surface area contributed by atoms with Gasteiger partial charge in [-0.25, -0.2) is 0 Å². The molecule has 1 aromatic carbocycles. The van der Waals surface area contributed by atoms with E-state index in [0.717, 1.165) is 29.7 Å². The molecule has 0 radical (unpaired) electrons. The lowest BCUT2D eigenvalue weighted by Gasteiger charge is -2.25. The molecule has 1 heterocycles. The van der Waals surface area contributed by atoms with Crippen LogP contribution in [0.5, 0.6) is 0 Å². The molecule has 6 nitrogen and oxygen atoms in total. The predicted octanol–water partition coefficient (Wildman–Crippen LogP) is 3.10. The fourth-order valence-corrected chi connectivity index (χ4v) is 2.66. The Bertz CT molecular complexity index is 715. The highest BCUT2D eigenvalue weighted by atomic mass is 16.5. The summed E-state index contributed by atoms with van der Waals surface area (Å²) in [5.74, 6) is 0.474. The summed E-state index contributed by atoms with van der Waals surface area (Å²) in [6, 6.07) is 7.60. The first-order valence-corrected chi connectivity index (χ1v) is 8.08. The smallest absolute Gasteiger partial charge is 0.245 e. The third-order valence-electron chi connectivity index (χ3n) is 3.81. The first kappa shape index (κ1) is 17.7. The second kappa shape index (κ2) is 7.77. The third-order valence-corrected chi connectivity index (χ3v) is 3.81. The summed E-state index contributed by atoms with van der Waals surface area (Å²) >= 11 is 0. The molecule has 6 heteroatoms. The van der Waals surface area contributed by atoms with Crippen LogP contribution in [-0.2, 0) is 22.4 Å². The summed E-state index contributed by atoms with van der Waals surface area (Å²) in [6.07, 6.45) is 1.58. The molecule has 1 aromatic heterocycles. The number of nitrogens with zero attached hydrogens (tertiary/aromatic N) is 2. The van der Waals surface area contributed by atoms with E-state index >= 15 is 0 Å². The van der Waals surface area contributed by atoms with Crippen LogP contribution in [-0.4, -0.2) is 23.5 Å². The van der Waals surface area contributed by atoms with Gasteiger partial charge in [-0.3, -0.25) is 9.59 Å². The zero-order valence-corrected chi connectivity index (χ0v) is 14.5. The predicted molar refractivity (Wildman–Crippen MR) is 93.1 cm³/mol. The van der Waals surface area contributed by atoms with Crippen molar-refractivity contribution in [3.63, 3.8) is 0 Å². The molecule has 1 N–H and O–H groups in total. The van der Waals surface area contributed by atoms with Gasteiger partial charge in [-0.05, 0) is 30.9 Å². The number of anilines is 2. The quantitative estimate of drug-likeness (QED) is 0.883. The van der Waals surface area contributed by atoms with E-state index < -0.39 is 0 Å². The molecule has 2 amide bonds. The van der Waals surface area contributed by atoms with Crippen molar-refractivity contribution in [1.29, 1.82) is 0 Å². The minimum absolute atomic E-state index is 0.0642. The van der Waals surface area contributed by atoms with Gasteiger partial charge in [0.05, 0.1) is 5.69 Å². The molecule has 24 heavy (non-hydrogen) atoms. The largest absolute Gasteiger partial charge is 0.360 e. The van der Waals surface area contributed by atoms with E-state index in [1.807, 2.05) is 32.0 Å². The van der Waals surface area contributed by atoms with Crippen LogP contribution in [0.15, 0.2) is 28.8 Å². The van der Waals surface area contributed by atoms with Crippen LogP contribution >= 0.6 is 0 Å². The van der Waals surface area contributed by atoms with Crippen molar-refractivity contribution in [2.75, 3.05) is 16.8 Å². The highest BCUT2D eigenvalue weighted by Crippen LogP contribution is 2.27. The summed E-state index contributed by atoms with van der Waals surface area (Å²) in [4.78, 5) is 26.0. The Balaban J connectivity index is 2.27. The van der Waals surface area contributed by atoms with Gasteiger partial charge in [0.15, 0.2) is 5.82 Å². The Morgan fingerprint density at radius 2 is 1.83 bits per heavy atom. The Kier molecular flexibility index (Phi) is 5.73. The van der Waals surface area contributed by atoms with Crippen LogP contribution in [0.4, 0.5) is 11.5 Å². The van der Waals surface area contributed by atoms with Gasteiger partial charge in [-0.2, -0.15) is 0 Å². The number of rotatable bonds is 6. The van der Waals surface area contributed by atoms with Gasteiger partial charge in [-0.15, -0.1) is 0 Å². The number of aryl methyl sites for hydroxylation is 3. The second-order valence-corrected chi connectivity index (χ2v) is 5.61. The third kappa shape index (κ3) is 4.01. The lowest BCUT2D eigenvalue weighted by molar-refractivity contribution is -0.120. The van der Waals surface area contributed by atoms with Gasteiger partial charge < -0.3 is 14.7 Å². The molecule has 2 aromatic rings. The number of carbonyl (C=O) groups is 2. The van der Waals surface area contributed by atoms with Crippen LogP contribution in [0.2, 0.25) is 0 Å². The SMILES string of the molecule is CCc1cccc(CC)c1N(CC(=O)Nc1cc(C)on1)C(C)=O. The van der Waals surface area contributed by atoms with Crippen molar-refractivity contribution in [1.82, 2.24) is 5.16 Å². The summed E-state index contributed by atoms with van der Waals surface area (Å²) in [5, 5.41) is 6.39. The molecule has 0 bridgehead atoms. The molecule has 0 fully saturated rings. The van der Waals surface area contributed by atoms with E-state index in [0.29, 0.717) is 11.6 Å². The summed E-state index contributed by atoms with van der Waals surface area (Å²) in [6.45, 7) is 7.23. The van der Waals surface area contributed by atoms with E-state index in [9.17, 15) is 9.59 Å². The number of carbonyl (C=O) groups excluding carboxylic acids is 2. The second-order valence-electron chi connectivity index (χ2n) is 5.61. The van der Waals surface area contributed by atoms with Gasteiger partial charge in [0.25, 0.3) is 0 Å². The summed E-state index contributed by atoms with van der Waals surface area (Å²) in [7, 11) is 0. The number of para-hydroxylation sites is 1. The normalized spacial score (nSPS) is 10.5. The van der Waals surface area contributed by atoms with Crippen molar-refractivity contribution in [3.8, 4) is 0 Å². The number of hydrogen-bond acceptors (Lipinski definition) is 4. The average Bonchev–Trinajstić information content (AvgIpc) is 2.96. The molecule has 0 aliphatic carbocycles. The Hall–Kier alpha value is -2.63. The van der Waals surface area contributed by atoms with Crippen LogP contribution in [0, 0.1) is 6.92 Å². The maximum absolute atomic E-state index is 12.3. The Morgan fingerprint density at radius 1 is 1.21 bits per heavy atom. The number of benzene rings is 1. The topological polar surface area (TPSA) is 75.4 Å². The zero-order valence-electron chi connectivity index (χ0n) is 14.5. The van der Waals surface area contributed by atoms with Gasteiger partial charge in [0.1, 0.15) is 12.3 Å². The van der Waals surface area contributed by atoms with Crippen molar-refractivity contribution < 1.29 is 14.1 Å². The maximum Gasteiger partial charge on any atom is 0.245 e. The molecule has 0 unspecified atom stereocenters. The average molecular weight is 329 g/mol. The number of aromatic nitrogens is 1. The monoisotopic (exact) mass is 329 g/mol. The number of hydrogen-bond donors (Lipinski definition) is 1. The van der Waals surface area contributed by atoms with E-state index in [2.05, 4.69) is 10.5 Å². The lowest BCUT2D eigenvalue weighted by atomic mass is 10.0. The summed E-state index contributed by atoms with van der Waals surface area (Å²) in [5.41, 5.74) is 2.94. The minimum atomic E-state index is -0.313. The standard InChI is InChI=1S/C18H23N3O3/c1-5-14-8-7-9-15(6-2)18(14)21(13(4)22)11-17(23)19-16-10-12(3)24-20-16/h7-10H,5-6,11H2,1-4H3,(H,19,20,23). The Labute approximate surface area is 141 Å². The summed E-state index contributed by atoms with van der Waals surface area (Å²) < 4.78 is 4.93. The molecule has 0 atom stereocenters. The number of amides is 2. The zero-order chi connectivity index (χ0) is 17.7. The maximum atomic E-state index is 12.3. The first-order valence-electron chi connectivity index (χ1n) is 8.08. The molecular formula is C18H23N3O3. The van der Waals surface area contributed by atoms with Gasteiger partial charge in [0.2, 0.25) is 11.8 Å². The van der Waals surface area contributed by atoms with E-state index in [1.165, 1.54) is 11.8 Å². The van der Waals surface area contributed by atoms with E-state index in [4.69, 9.17) is 4.52 Å². The lowest BCUT2D eigenvalue weighted by Crippen LogP contribution is -2.38. The van der Waals surface area contributed by atoms with E-state index in [1.54, 1.807) is 13.0 Å². The molecule has 128 valence electrons. The fourth-order valence-electron chi connectivity index (χ4n) is 2.66. The molecule has 0 saturated heterocycles. The number of nitrogens with one attached hydrogen (secondary N) is 1. The fraction of sp³-hybridized carbons (Fsp3) is 0.389. The van der Waals surface area contributed by atoms with Crippen LogP contribution < -0.4 is 10.2 Å². The van der Waals surface area contributed by atoms with E-state index in [-0.39, 0.29) is 18.4 Å². The van der Waals surface area contributed by atoms with Gasteiger partial charge >= 0.3 is 0 Å². The molecular weight excluding hydrogens is 306 g/mol. The van der Waals surface area contributed by atoms with Crippen molar-refractivity contribution in [2.24, 2.45) is 0 Å². The van der Waals surface area contributed by atoms with Crippen molar-refractivity contribution in [2.45, 2.75) is 40.5 Å². The molecule has 2 rings (SSSR count). The molecule has 0 saturated carbocycles. The van der Waals surface area contributed by atoms with Gasteiger partial charge in [0, 0.05) is 13.0 Å². The van der Waals surface area contributed by atoms with Crippen LogP contribution in [0.1, 0.15) is 37.7 Å². The van der Waals surface area contributed by atoms with Crippen molar-refractivity contribution in [3.05, 3.63) is 41.2 Å². The Morgan fingerprint density at radius 3 is 2.29 bits per heavy atom. The molecule has 0 aliphatic heterocycles. The van der Waals surface area contributed by atoms with Crippen LogP contribution in [0.3, 0.4) is 0 Å². The highest BCUT2D eigenvalue weighted by molar-refractivity contribution is 6.02. The molecule has 0 spiro atoms. The minimum Gasteiger partial charge on any atom is -0.360 e. The molecule has 0 aliphatic rings.